The van der Waals surface area contributed by atoms with Gasteiger partial charge in [0, 0.05) is 55.5 Å². The predicted molar refractivity (Wildman–Crippen MR) is 135 cm³/mol. The summed E-state index contributed by atoms with van der Waals surface area (Å²) in [6, 6.07) is 18.1. The molecule has 2 aromatic rings. The maximum atomic E-state index is 13.4. The average molecular weight is 459 g/mol. The number of hydrogen-bond donors (Lipinski definition) is 1. The zero-order valence-corrected chi connectivity index (χ0v) is 20.8. The van der Waals surface area contributed by atoms with E-state index in [2.05, 4.69) is 19.2 Å². The molecule has 0 unspecified atom stereocenters. The first-order valence-corrected chi connectivity index (χ1v) is 11.9. The molecular weight excluding hydrogens is 424 g/mol. The Kier molecular flexibility index (Phi) is 6.65. The molecule has 1 heterocycles. The second-order valence-electron chi connectivity index (χ2n) is 10.3. The van der Waals surface area contributed by atoms with Gasteiger partial charge in [0.05, 0.1) is 12.2 Å². The highest BCUT2D eigenvalue weighted by atomic mass is 16.5. The number of benzene rings is 2. The summed E-state index contributed by atoms with van der Waals surface area (Å²) in [5.74, 6) is -0.699. The van der Waals surface area contributed by atoms with Gasteiger partial charge in [-0.25, -0.2) is 4.79 Å². The number of nitrogens with zero attached hydrogens (tertiary/aromatic N) is 1. The minimum atomic E-state index is -0.430. The van der Waals surface area contributed by atoms with Gasteiger partial charge in [0.1, 0.15) is 0 Å². The van der Waals surface area contributed by atoms with E-state index in [1.54, 1.807) is 0 Å². The van der Waals surface area contributed by atoms with Crippen LogP contribution in [0.2, 0.25) is 0 Å². The number of hydrogen-bond acceptors (Lipinski definition) is 5. The fourth-order valence-corrected chi connectivity index (χ4v) is 4.99. The number of ether oxygens (including phenoxy) is 1. The zero-order valence-electron chi connectivity index (χ0n) is 20.8. The van der Waals surface area contributed by atoms with Crippen LogP contribution >= 0.6 is 0 Å². The number of nitrogens with one attached hydrogen (secondary N) is 1. The number of ketones is 1. The lowest BCUT2D eigenvalue weighted by molar-refractivity contribution is -0.139. The first-order valence-electron chi connectivity index (χ1n) is 11.9. The summed E-state index contributed by atoms with van der Waals surface area (Å²) in [6.07, 6.45) is 1.89. The summed E-state index contributed by atoms with van der Waals surface area (Å²) in [6.45, 7) is 6.43. The van der Waals surface area contributed by atoms with Crippen LogP contribution in [0.1, 0.15) is 50.7 Å². The normalized spacial score (nSPS) is 19.4. The van der Waals surface area contributed by atoms with Crippen molar-refractivity contribution >= 4 is 17.4 Å². The van der Waals surface area contributed by atoms with E-state index in [4.69, 9.17) is 4.74 Å². The molecule has 4 rings (SSSR count). The minimum absolute atomic E-state index is 0.0996. The minimum Gasteiger partial charge on any atom is -0.462 e. The molecule has 178 valence electrons. The van der Waals surface area contributed by atoms with Gasteiger partial charge in [-0.2, -0.15) is 0 Å². The molecular formula is C29H34N2O3. The molecule has 0 saturated carbocycles. The van der Waals surface area contributed by atoms with Crippen molar-refractivity contribution in [2.24, 2.45) is 5.41 Å². The Morgan fingerprint density at radius 3 is 2.38 bits per heavy atom. The molecule has 2 aromatic carbocycles. The van der Waals surface area contributed by atoms with E-state index < -0.39 is 5.92 Å². The van der Waals surface area contributed by atoms with Crippen molar-refractivity contribution in [1.29, 1.82) is 0 Å². The van der Waals surface area contributed by atoms with Gasteiger partial charge in [0.2, 0.25) is 0 Å². The van der Waals surface area contributed by atoms with Crippen LogP contribution in [0.4, 0.5) is 5.69 Å². The number of esters is 1. The Morgan fingerprint density at radius 2 is 1.74 bits per heavy atom. The van der Waals surface area contributed by atoms with E-state index >= 15 is 0 Å². The Bertz CT molecular complexity index is 1140. The molecule has 0 bridgehead atoms. The maximum absolute atomic E-state index is 13.4. The van der Waals surface area contributed by atoms with Crippen molar-refractivity contribution in [1.82, 2.24) is 5.32 Å². The molecule has 0 amide bonds. The Labute approximate surface area is 202 Å². The molecule has 0 aromatic heterocycles. The summed E-state index contributed by atoms with van der Waals surface area (Å²) in [5.41, 5.74) is 5.92. The van der Waals surface area contributed by atoms with Gasteiger partial charge in [-0.15, -0.1) is 0 Å². The number of Topliss-reactive ketones (excluding diaryl/α,β-unsaturated/α-hetero) is 1. The van der Waals surface area contributed by atoms with Crippen LogP contribution in [0.15, 0.2) is 77.1 Å². The van der Waals surface area contributed by atoms with Crippen molar-refractivity contribution in [3.05, 3.63) is 88.3 Å². The molecule has 1 N–H and O–H groups in total. The summed E-state index contributed by atoms with van der Waals surface area (Å²) >= 11 is 0. The number of dihydropyridines is 1. The summed E-state index contributed by atoms with van der Waals surface area (Å²) < 4.78 is 5.75. The Balaban J connectivity index is 1.67. The molecule has 0 spiro atoms. The highest BCUT2D eigenvalue weighted by molar-refractivity contribution is 6.04. The average Bonchev–Trinajstić information content (AvgIpc) is 2.78. The van der Waals surface area contributed by atoms with E-state index in [-0.39, 0.29) is 17.2 Å². The van der Waals surface area contributed by atoms with Crippen molar-refractivity contribution in [2.75, 3.05) is 25.6 Å². The molecule has 5 nitrogen and oxygen atoms in total. The fourth-order valence-electron chi connectivity index (χ4n) is 4.99. The van der Waals surface area contributed by atoms with Gasteiger partial charge in [0.25, 0.3) is 0 Å². The molecule has 1 aliphatic heterocycles. The SMILES string of the molecule is CC1=C(C(=O)OCCc2ccccc2)[C@@H](c2ccc(N(C)C)cc2)C2=C(CC(C)(C)CC2=O)N1. The van der Waals surface area contributed by atoms with Gasteiger partial charge in [-0.3, -0.25) is 4.79 Å². The summed E-state index contributed by atoms with van der Waals surface area (Å²) in [7, 11) is 3.99. The van der Waals surface area contributed by atoms with E-state index in [1.807, 2.05) is 80.5 Å². The third-order valence-corrected chi connectivity index (χ3v) is 6.67. The summed E-state index contributed by atoms with van der Waals surface area (Å²) in [4.78, 5) is 28.8. The lowest BCUT2D eigenvalue weighted by Crippen LogP contribution is -2.38. The van der Waals surface area contributed by atoms with Crippen LogP contribution in [0, 0.1) is 5.41 Å². The van der Waals surface area contributed by atoms with Gasteiger partial charge >= 0.3 is 5.97 Å². The van der Waals surface area contributed by atoms with E-state index in [0.717, 1.165) is 34.6 Å². The largest absolute Gasteiger partial charge is 0.462 e. The highest BCUT2D eigenvalue weighted by Crippen LogP contribution is 2.46. The molecule has 5 heteroatoms. The molecule has 1 atom stereocenters. The molecule has 2 aliphatic rings. The lowest BCUT2D eigenvalue weighted by atomic mass is 9.68. The van der Waals surface area contributed by atoms with Gasteiger partial charge in [-0.1, -0.05) is 56.3 Å². The summed E-state index contributed by atoms with van der Waals surface area (Å²) in [5, 5.41) is 3.40. The Morgan fingerprint density at radius 1 is 1.06 bits per heavy atom. The van der Waals surface area contributed by atoms with Crippen molar-refractivity contribution in [3.63, 3.8) is 0 Å². The monoisotopic (exact) mass is 458 g/mol. The van der Waals surface area contributed by atoms with Crippen LogP contribution in [0.5, 0.6) is 0 Å². The zero-order chi connectivity index (χ0) is 24.5. The van der Waals surface area contributed by atoms with Crippen LogP contribution in [0.25, 0.3) is 0 Å². The first kappa shape index (κ1) is 23.8. The van der Waals surface area contributed by atoms with Crippen molar-refractivity contribution in [2.45, 2.75) is 46.0 Å². The quantitative estimate of drug-likeness (QED) is 0.607. The number of allylic oxidation sites excluding steroid dienone is 3. The fraction of sp³-hybridized carbons (Fsp3) is 0.379. The standard InChI is InChI=1S/C29H34N2O3/c1-19-25(28(33)34-16-15-20-9-7-6-8-10-20)26(21-11-13-22(14-12-21)31(4)5)27-23(30-19)17-29(2,3)18-24(27)32/h6-14,26,30H,15-18H2,1-5H3/t26-/m1/s1. The van der Waals surface area contributed by atoms with Gasteiger partial charge < -0.3 is 15.0 Å². The van der Waals surface area contributed by atoms with E-state index in [9.17, 15) is 9.59 Å². The number of carbonyl (C=O) groups is 2. The molecule has 34 heavy (non-hydrogen) atoms. The van der Waals surface area contributed by atoms with Crippen LogP contribution in [0.3, 0.4) is 0 Å². The van der Waals surface area contributed by atoms with E-state index in [0.29, 0.717) is 30.6 Å². The second kappa shape index (κ2) is 9.49. The molecule has 0 saturated heterocycles. The topological polar surface area (TPSA) is 58.6 Å². The van der Waals surface area contributed by atoms with Crippen molar-refractivity contribution < 1.29 is 14.3 Å². The van der Waals surface area contributed by atoms with Crippen LogP contribution in [-0.4, -0.2) is 32.5 Å². The third-order valence-electron chi connectivity index (χ3n) is 6.67. The number of carbonyl (C=O) groups excluding carboxylic acids is 2. The lowest BCUT2D eigenvalue weighted by Gasteiger charge is -2.39. The van der Waals surface area contributed by atoms with Gasteiger partial charge in [0.15, 0.2) is 5.78 Å². The molecule has 0 radical (unpaired) electrons. The Hall–Kier alpha value is -3.34. The number of anilines is 1. The predicted octanol–water partition coefficient (Wildman–Crippen LogP) is 5.14. The van der Waals surface area contributed by atoms with Crippen LogP contribution < -0.4 is 10.2 Å². The maximum Gasteiger partial charge on any atom is 0.336 e. The highest BCUT2D eigenvalue weighted by Gasteiger charge is 2.43. The number of rotatable bonds is 6. The molecule has 0 fully saturated rings. The smallest absolute Gasteiger partial charge is 0.336 e. The van der Waals surface area contributed by atoms with E-state index in [1.165, 1.54) is 0 Å². The first-order chi connectivity index (χ1) is 16.2. The van der Waals surface area contributed by atoms with Gasteiger partial charge in [-0.05, 0) is 42.0 Å². The van der Waals surface area contributed by atoms with Crippen molar-refractivity contribution in [3.8, 4) is 0 Å². The van der Waals surface area contributed by atoms with Crippen LogP contribution in [-0.2, 0) is 20.7 Å². The second-order valence-corrected chi connectivity index (χ2v) is 10.3. The third kappa shape index (κ3) is 4.93. The molecule has 1 aliphatic carbocycles.